The summed E-state index contributed by atoms with van der Waals surface area (Å²) in [5, 5.41) is 18.2. The minimum absolute atomic E-state index is 0.540. The van der Waals surface area contributed by atoms with Gasteiger partial charge in [0.05, 0.1) is 23.3 Å². The van der Waals surface area contributed by atoms with Crippen LogP contribution in [0.4, 0.5) is 0 Å². The van der Waals surface area contributed by atoms with Gasteiger partial charge in [0, 0.05) is 4.47 Å². The molecule has 2 aromatic carbocycles. The molecule has 2 aromatic rings. The van der Waals surface area contributed by atoms with Crippen LogP contribution in [-0.2, 0) is 0 Å². The smallest absolute Gasteiger partial charge is 0.0998 e. The Hall–Kier alpha value is -2.36. The third-order valence-corrected chi connectivity index (χ3v) is 3.78. The van der Waals surface area contributed by atoms with Crippen LogP contribution in [0.15, 0.2) is 46.9 Å². The van der Waals surface area contributed by atoms with Crippen LogP contribution in [0.2, 0.25) is 0 Å². The van der Waals surface area contributed by atoms with Crippen molar-refractivity contribution in [1.29, 1.82) is 10.5 Å². The number of halogens is 1. The molecule has 2 rings (SSSR count). The number of hydrogen-bond acceptors (Lipinski definition) is 2. The Bertz CT molecular complexity index is 761. The van der Waals surface area contributed by atoms with Gasteiger partial charge in [-0.15, -0.1) is 0 Å². The average Bonchev–Trinajstić information content (AvgIpc) is 2.48. The summed E-state index contributed by atoms with van der Waals surface area (Å²) in [6, 6.07) is 17.3. The maximum absolute atomic E-state index is 9.32. The van der Waals surface area contributed by atoms with E-state index in [4.69, 9.17) is 5.26 Å². The van der Waals surface area contributed by atoms with E-state index in [1.165, 1.54) is 0 Å². The highest BCUT2D eigenvalue weighted by Gasteiger charge is 2.03. The molecular weight excluding hydrogens is 312 g/mol. The zero-order chi connectivity index (χ0) is 14.5. The van der Waals surface area contributed by atoms with E-state index in [2.05, 4.69) is 28.1 Å². The molecule has 0 radical (unpaired) electrons. The second-order valence-corrected chi connectivity index (χ2v) is 5.23. The molecule has 0 aliphatic carbocycles. The van der Waals surface area contributed by atoms with Crippen LogP contribution in [-0.4, -0.2) is 0 Å². The monoisotopic (exact) mass is 322 g/mol. The minimum Gasteiger partial charge on any atom is -0.192 e. The number of hydrogen-bond donors (Lipinski definition) is 0. The molecule has 3 heteroatoms. The fourth-order valence-corrected chi connectivity index (χ4v) is 2.20. The molecule has 0 spiro atoms. The summed E-state index contributed by atoms with van der Waals surface area (Å²) in [7, 11) is 0. The van der Waals surface area contributed by atoms with E-state index in [-0.39, 0.29) is 0 Å². The highest BCUT2D eigenvalue weighted by molar-refractivity contribution is 9.10. The van der Waals surface area contributed by atoms with E-state index in [0.717, 1.165) is 21.2 Å². The topological polar surface area (TPSA) is 47.6 Å². The quantitative estimate of drug-likeness (QED) is 0.594. The summed E-state index contributed by atoms with van der Waals surface area (Å²) >= 11 is 3.48. The fourth-order valence-electron chi connectivity index (χ4n) is 1.80. The Kier molecular flexibility index (Phi) is 4.35. The van der Waals surface area contributed by atoms with E-state index < -0.39 is 0 Å². The number of allylic oxidation sites excluding steroid dienone is 1. The number of nitrogens with zero attached hydrogens (tertiary/aromatic N) is 2. The third kappa shape index (κ3) is 3.15. The Labute approximate surface area is 126 Å². The molecule has 0 saturated carbocycles. The molecule has 20 heavy (non-hydrogen) atoms. The first-order chi connectivity index (χ1) is 9.63. The molecule has 0 aliphatic rings. The molecule has 2 nitrogen and oxygen atoms in total. The van der Waals surface area contributed by atoms with Crippen molar-refractivity contribution < 1.29 is 0 Å². The largest absolute Gasteiger partial charge is 0.192 e. The van der Waals surface area contributed by atoms with E-state index in [1.54, 1.807) is 18.2 Å². The lowest BCUT2D eigenvalue weighted by Crippen LogP contribution is -1.85. The molecule has 0 unspecified atom stereocenters. The van der Waals surface area contributed by atoms with Crippen LogP contribution in [0, 0.1) is 29.6 Å². The Morgan fingerprint density at radius 1 is 1.15 bits per heavy atom. The maximum Gasteiger partial charge on any atom is 0.0998 e. The van der Waals surface area contributed by atoms with Gasteiger partial charge in [-0.1, -0.05) is 40.2 Å². The summed E-state index contributed by atoms with van der Waals surface area (Å²) in [6.07, 6.45) is 1.82. The molecule has 96 valence electrons. The van der Waals surface area contributed by atoms with E-state index >= 15 is 0 Å². The van der Waals surface area contributed by atoms with Gasteiger partial charge in [-0.2, -0.15) is 10.5 Å². The average molecular weight is 323 g/mol. The molecule has 0 saturated heterocycles. The van der Waals surface area contributed by atoms with Crippen molar-refractivity contribution in [1.82, 2.24) is 0 Å². The van der Waals surface area contributed by atoms with Gasteiger partial charge in [0.1, 0.15) is 0 Å². The van der Waals surface area contributed by atoms with Gasteiger partial charge in [-0.05, 0) is 47.9 Å². The summed E-state index contributed by atoms with van der Waals surface area (Å²) < 4.78 is 1.01. The molecule has 0 atom stereocenters. The summed E-state index contributed by atoms with van der Waals surface area (Å²) in [6.45, 7) is 2.01. The van der Waals surface area contributed by atoms with Gasteiger partial charge in [-0.3, -0.25) is 0 Å². The number of rotatable bonds is 2. The number of aryl methyl sites for hydroxylation is 1. The van der Waals surface area contributed by atoms with Crippen molar-refractivity contribution in [3.63, 3.8) is 0 Å². The van der Waals surface area contributed by atoms with Gasteiger partial charge in [0.15, 0.2) is 0 Å². The molecule has 0 heterocycles. The second-order valence-electron chi connectivity index (χ2n) is 4.37. The first kappa shape index (κ1) is 14.1. The molecule has 0 aromatic heterocycles. The van der Waals surface area contributed by atoms with E-state index in [0.29, 0.717) is 11.1 Å². The molecule has 0 amide bonds. The van der Waals surface area contributed by atoms with Crippen LogP contribution in [0.3, 0.4) is 0 Å². The highest BCUT2D eigenvalue weighted by Crippen LogP contribution is 2.22. The number of nitriles is 2. The fraction of sp³-hybridized carbons (Fsp3) is 0.0588. The normalized spacial score (nSPS) is 10.7. The zero-order valence-corrected chi connectivity index (χ0v) is 12.5. The standard InChI is InChI=1S/C17H11BrN2/c1-12-5-6-13(9-17(12)18)7-16(11-20)15-4-2-3-14(8-15)10-19/h2-9H,1H3. The Morgan fingerprint density at radius 3 is 2.60 bits per heavy atom. The van der Waals surface area contributed by atoms with Gasteiger partial charge >= 0.3 is 0 Å². The molecule has 0 aliphatic heterocycles. The van der Waals surface area contributed by atoms with Gasteiger partial charge in [0.2, 0.25) is 0 Å². The zero-order valence-electron chi connectivity index (χ0n) is 10.9. The Balaban J connectivity index is 2.46. The molecular formula is C17H11BrN2. The SMILES string of the molecule is Cc1ccc(C=C(C#N)c2cccc(C#N)c2)cc1Br. The predicted octanol–water partition coefficient (Wildman–Crippen LogP) is 4.69. The van der Waals surface area contributed by atoms with Gasteiger partial charge in [0.25, 0.3) is 0 Å². The van der Waals surface area contributed by atoms with Crippen LogP contribution in [0.5, 0.6) is 0 Å². The maximum atomic E-state index is 9.32. The van der Waals surface area contributed by atoms with Crippen molar-refractivity contribution in [2.75, 3.05) is 0 Å². The lowest BCUT2D eigenvalue weighted by molar-refractivity contribution is 1.42. The van der Waals surface area contributed by atoms with Crippen molar-refractivity contribution in [3.8, 4) is 12.1 Å². The number of benzene rings is 2. The van der Waals surface area contributed by atoms with Crippen molar-refractivity contribution in [2.45, 2.75) is 6.92 Å². The van der Waals surface area contributed by atoms with Crippen LogP contribution in [0.25, 0.3) is 11.6 Å². The van der Waals surface area contributed by atoms with Crippen LogP contribution < -0.4 is 0 Å². The van der Waals surface area contributed by atoms with Gasteiger partial charge in [-0.25, -0.2) is 0 Å². The van der Waals surface area contributed by atoms with Crippen molar-refractivity contribution >= 4 is 27.6 Å². The predicted molar refractivity (Wildman–Crippen MR) is 83.5 cm³/mol. The molecule has 0 fully saturated rings. The lowest BCUT2D eigenvalue weighted by atomic mass is 10.0. The van der Waals surface area contributed by atoms with Crippen LogP contribution in [0.1, 0.15) is 22.3 Å². The van der Waals surface area contributed by atoms with Crippen LogP contribution >= 0.6 is 15.9 Å². The first-order valence-corrected chi connectivity index (χ1v) is 6.82. The minimum atomic E-state index is 0.540. The Morgan fingerprint density at radius 2 is 1.95 bits per heavy atom. The van der Waals surface area contributed by atoms with E-state index in [9.17, 15) is 5.26 Å². The van der Waals surface area contributed by atoms with Crippen molar-refractivity contribution in [3.05, 3.63) is 69.2 Å². The summed E-state index contributed by atoms with van der Waals surface area (Å²) in [4.78, 5) is 0. The molecule has 0 N–H and O–H groups in total. The summed E-state index contributed by atoms with van der Waals surface area (Å²) in [5.41, 5.74) is 3.93. The molecule has 0 bridgehead atoms. The second kappa shape index (κ2) is 6.19. The highest BCUT2D eigenvalue weighted by atomic mass is 79.9. The first-order valence-electron chi connectivity index (χ1n) is 6.02. The van der Waals surface area contributed by atoms with Crippen molar-refractivity contribution in [2.24, 2.45) is 0 Å². The van der Waals surface area contributed by atoms with E-state index in [1.807, 2.05) is 37.3 Å². The third-order valence-electron chi connectivity index (χ3n) is 2.93. The lowest BCUT2D eigenvalue weighted by Gasteiger charge is -2.02. The van der Waals surface area contributed by atoms with Gasteiger partial charge < -0.3 is 0 Å². The summed E-state index contributed by atoms with van der Waals surface area (Å²) in [5.74, 6) is 0.